The van der Waals surface area contributed by atoms with Gasteiger partial charge in [0.2, 0.25) is 5.91 Å². The molecule has 30 heavy (non-hydrogen) atoms. The average molecular weight is 407 g/mol. The first-order chi connectivity index (χ1) is 14.4. The van der Waals surface area contributed by atoms with Gasteiger partial charge in [-0.15, -0.1) is 0 Å². The Bertz CT molecular complexity index is 1030. The summed E-state index contributed by atoms with van der Waals surface area (Å²) in [5.74, 6) is -1.27. The molecule has 0 bridgehead atoms. The molecule has 4 rings (SSSR count). The van der Waals surface area contributed by atoms with E-state index in [0.717, 1.165) is 12.8 Å². The maximum atomic E-state index is 12.7. The van der Waals surface area contributed by atoms with Crippen molar-refractivity contribution in [2.24, 2.45) is 0 Å². The predicted molar refractivity (Wildman–Crippen MR) is 109 cm³/mol. The number of rotatable bonds is 5. The van der Waals surface area contributed by atoms with Crippen molar-refractivity contribution >= 4 is 35.0 Å². The number of imide groups is 1. The molecule has 1 fully saturated rings. The van der Waals surface area contributed by atoms with Crippen molar-refractivity contribution in [2.75, 3.05) is 23.8 Å². The van der Waals surface area contributed by atoms with Crippen LogP contribution in [0.2, 0.25) is 0 Å². The first-order valence-electron chi connectivity index (χ1n) is 9.73. The number of ether oxygens (including phenoxy) is 1. The van der Waals surface area contributed by atoms with Gasteiger partial charge in [0.05, 0.1) is 23.8 Å². The molecule has 4 amide bonds. The number of nitrogens with zero attached hydrogens (tertiary/aromatic N) is 1. The SMILES string of the molecule is CC(=O)Nc1ccc(C(=O)Nc2ccc3c(c2)C(=O)N(CC2CCCO2)C3=O)cc1. The predicted octanol–water partition coefficient (Wildman–Crippen LogP) is 2.67. The molecule has 2 aromatic carbocycles. The Morgan fingerprint density at radius 2 is 1.70 bits per heavy atom. The molecule has 2 heterocycles. The topological polar surface area (TPSA) is 105 Å². The maximum absolute atomic E-state index is 12.7. The Labute approximate surface area is 173 Å². The summed E-state index contributed by atoms with van der Waals surface area (Å²) in [4.78, 5) is 50.1. The average Bonchev–Trinajstić information content (AvgIpc) is 3.31. The van der Waals surface area contributed by atoms with Crippen LogP contribution in [0.5, 0.6) is 0 Å². The van der Waals surface area contributed by atoms with E-state index in [-0.39, 0.29) is 41.8 Å². The summed E-state index contributed by atoms with van der Waals surface area (Å²) in [6.07, 6.45) is 1.64. The van der Waals surface area contributed by atoms with Crippen LogP contribution in [0.3, 0.4) is 0 Å². The summed E-state index contributed by atoms with van der Waals surface area (Å²) < 4.78 is 5.54. The third-order valence-corrected chi connectivity index (χ3v) is 5.11. The van der Waals surface area contributed by atoms with Gasteiger partial charge in [0.25, 0.3) is 17.7 Å². The Morgan fingerprint density at radius 3 is 2.37 bits per heavy atom. The van der Waals surface area contributed by atoms with Gasteiger partial charge < -0.3 is 15.4 Å². The number of amides is 4. The van der Waals surface area contributed by atoms with E-state index in [0.29, 0.717) is 29.1 Å². The molecule has 1 unspecified atom stereocenters. The van der Waals surface area contributed by atoms with Gasteiger partial charge >= 0.3 is 0 Å². The fourth-order valence-electron chi connectivity index (χ4n) is 3.64. The Hall–Kier alpha value is -3.52. The summed E-state index contributed by atoms with van der Waals surface area (Å²) in [5.41, 5.74) is 2.01. The van der Waals surface area contributed by atoms with Gasteiger partial charge in [-0.2, -0.15) is 0 Å². The number of nitrogens with one attached hydrogen (secondary N) is 2. The van der Waals surface area contributed by atoms with E-state index in [1.54, 1.807) is 36.4 Å². The van der Waals surface area contributed by atoms with Crippen LogP contribution in [0.25, 0.3) is 0 Å². The molecule has 0 aromatic heterocycles. The third kappa shape index (κ3) is 3.95. The molecule has 1 saturated heterocycles. The van der Waals surface area contributed by atoms with E-state index in [1.165, 1.54) is 17.9 Å². The summed E-state index contributed by atoms with van der Waals surface area (Å²) in [7, 11) is 0. The molecular formula is C22H21N3O5. The van der Waals surface area contributed by atoms with E-state index in [9.17, 15) is 19.2 Å². The summed E-state index contributed by atoms with van der Waals surface area (Å²) in [6.45, 7) is 2.30. The molecule has 0 saturated carbocycles. The van der Waals surface area contributed by atoms with Crippen LogP contribution in [-0.2, 0) is 9.53 Å². The van der Waals surface area contributed by atoms with E-state index >= 15 is 0 Å². The number of benzene rings is 2. The second kappa shape index (κ2) is 8.08. The van der Waals surface area contributed by atoms with Crippen LogP contribution in [0.4, 0.5) is 11.4 Å². The zero-order chi connectivity index (χ0) is 21.3. The quantitative estimate of drug-likeness (QED) is 0.742. The van der Waals surface area contributed by atoms with Crippen molar-refractivity contribution in [2.45, 2.75) is 25.9 Å². The van der Waals surface area contributed by atoms with Gasteiger partial charge in [-0.25, -0.2) is 0 Å². The van der Waals surface area contributed by atoms with Crippen molar-refractivity contribution in [1.29, 1.82) is 0 Å². The lowest BCUT2D eigenvalue weighted by Gasteiger charge is -2.17. The second-order valence-electron chi connectivity index (χ2n) is 7.33. The van der Waals surface area contributed by atoms with Crippen molar-refractivity contribution in [3.63, 3.8) is 0 Å². The molecule has 0 aliphatic carbocycles. The van der Waals surface area contributed by atoms with E-state index in [4.69, 9.17) is 4.74 Å². The number of hydrogen-bond donors (Lipinski definition) is 2. The van der Waals surface area contributed by atoms with Crippen LogP contribution in [0.15, 0.2) is 42.5 Å². The molecule has 0 spiro atoms. The second-order valence-corrected chi connectivity index (χ2v) is 7.33. The van der Waals surface area contributed by atoms with Crippen molar-refractivity contribution < 1.29 is 23.9 Å². The fourth-order valence-corrected chi connectivity index (χ4v) is 3.64. The standard InChI is InChI=1S/C22H21N3O5/c1-13(26)23-15-6-4-14(5-7-15)20(27)24-16-8-9-18-19(11-16)22(29)25(21(18)28)12-17-3-2-10-30-17/h4-9,11,17H,2-3,10,12H2,1H3,(H,23,26)(H,24,27). The number of anilines is 2. The van der Waals surface area contributed by atoms with Gasteiger partial charge in [0.1, 0.15) is 0 Å². The molecule has 8 nitrogen and oxygen atoms in total. The first-order valence-corrected chi connectivity index (χ1v) is 9.73. The zero-order valence-corrected chi connectivity index (χ0v) is 16.4. The largest absolute Gasteiger partial charge is 0.376 e. The summed E-state index contributed by atoms with van der Waals surface area (Å²) in [6, 6.07) is 11.1. The molecule has 154 valence electrons. The van der Waals surface area contributed by atoms with Crippen LogP contribution < -0.4 is 10.6 Å². The Balaban J connectivity index is 1.46. The lowest BCUT2D eigenvalue weighted by atomic mass is 10.1. The molecule has 0 radical (unpaired) electrons. The maximum Gasteiger partial charge on any atom is 0.261 e. The van der Waals surface area contributed by atoms with E-state index in [2.05, 4.69) is 10.6 Å². The van der Waals surface area contributed by atoms with Crippen LogP contribution >= 0.6 is 0 Å². The molecule has 2 aliphatic heterocycles. The van der Waals surface area contributed by atoms with Crippen molar-refractivity contribution in [3.8, 4) is 0 Å². The Kier molecular flexibility index (Phi) is 5.33. The van der Waals surface area contributed by atoms with Crippen molar-refractivity contribution in [1.82, 2.24) is 4.90 Å². The third-order valence-electron chi connectivity index (χ3n) is 5.11. The molecule has 2 N–H and O–H groups in total. The number of carbonyl (C=O) groups excluding carboxylic acids is 4. The number of fused-ring (bicyclic) bond motifs is 1. The summed E-state index contributed by atoms with van der Waals surface area (Å²) >= 11 is 0. The lowest BCUT2D eigenvalue weighted by Crippen LogP contribution is -2.36. The fraction of sp³-hybridized carbons (Fsp3) is 0.273. The molecule has 1 atom stereocenters. The normalized spacial score (nSPS) is 17.8. The minimum Gasteiger partial charge on any atom is -0.376 e. The van der Waals surface area contributed by atoms with Crippen LogP contribution in [0.1, 0.15) is 50.8 Å². The molecule has 2 aromatic rings. The molecule has 2 aliphatic rings. The van der Waals surface area contributed by atoms with Crippen LogP contribution in [-0.4, -0.2) is 47.8 Å². The highest BCUT2D eigenvalue weighted by Crippen LogP contribution is 2.27. The summed E-state index contributed by atoms with van der Waals surface area (Å²) in [5, 5.41) is 5.37. The van der Waals surface area contributed by atoms with Crippen molar-refractivity contribution in [3.05, 3.63) is 59.2 Å². The Morgan fingerprint density at radius 1 is 1.00 bits per heavy atom. The number of carbonyl (C=O) groups is 4. The van der Waals surface area contributed by atoms with Crippen LogP contribution in [0, 0.1) is 0 Å². The minimum absolute atomic E-state index is 0.119. The highest BCUT2D eigenvalue weighted by atomic mass is 16.5. The monoisotopic (exact) mass is 407 g/mol. The van der Waals surface area contributed by atoms with Gasteiger partial charge in [-0.3, -0.25) is 24.1 Å². The zero-order valence-electron chi connectivity index (χ0n) is 16.4. The first kappa shape index (κ1) is 19.8. The molecule has 8 heteroatoms. The van der Waals surface area contributed by atoms with Gasteiger partial charge in [0, 0.05) is 30.5 Å². The van der Waals surface area contributed by atoms with E-state index in [1.807, 2.05) is 0 Å². The highest BCUT2D eigenvalue weighted by molar-refractivity contribution is 6.22. The smallest absolute Gasteiger partial charge is 0.261 e. The van der Waals surface area contributed by atoms with Gasteiger partial charge in [-0.1, -0.05) is 0 Å². The lowest BCUT2D eigenvalue weighted by molar-refractivity contribution is -0.114. The van der Waals surface area contributed by atoms with Gasteiger partial charge in [-0.05, 0) is 55.3 Å². The number of hydrogen-bond acceptors (Lipinski definition) is 5. The van der Waals surface area contributed by atoms with E-state index < -0.39 is 0 Å². The minimum atomic E-state index is -0.374. The van der Waals surface area contributed by atoms with Gasteiger partial charge in [0.15, 0.2) is 0 Å². The molecular weight excluding hydrogens is 386 g/mol. The highest BCUT2D eigenvalue weighted by Gasteiger charge is 2.37.